The normalized spacial score (nSPS) is 14.9. The van der Waals surface area contributed by atoms with E-state index in [1.807, 2.05) is 31.2 Å². The largest absolute Gasteiger partial charge is 0.484 e. The Bertz CT molecular complexity index is 710. The molecule has 0 spiro atoms. The number of H-pyrrole nitrogens is 1. The van der Waals surface area contributed by atoms with E-state index in [9.17, 15) is 9.59 Å². The van der Waals surface area contributed by atoms with Crippen molar-refractivity contribution in [3.8, 4) is 5.75 Å². The fourth-order valence-electron chi connectivity index (χ4n) is 2.88. The molecule has 3 rings (SSSR count). The Hall–Kier alpha value is -2.76. The summed E-state index contributed by atoms with van der Waals surface area (Å²) >= 11 is 0. The molecule has 6 heteroatoms. The second-order valence-corrected chi connectivity index (χ2v) is 6.23. The van der Waals surface area contributed by atoms with Gasteiger partial charge in [0.25, 0.3) is 11.8 Å². The monoisotopic (exact) mass is 341 g/mol. The number of aromatic nitrogens is 1. The summed E-state index contributed by atoms with van der Waals surface area (Å²) in [6.07, 6.45) is 4.21. The smallest absolute Gasteiger partial charge is 0.260 e. The Morgan fingerprint density at radius 3 is 2.48 bits per heavy atom. The number of nitrogens with zero attached hydrogens (tertiary/aromatic N) is 2. The quantitative estimate of drug-likeness (QED) is 0.926. The number of carbonyl (C=O) groups excluding carboxylic acids is 2. The molecule has 6 nitrogen and oxygen atoms in total. The van der Waals surface area contributed by atoms with Gasteiger partial charge in [-0.05, 0) is 31.5 Å². The second kappa shape index (κ2) is 7.88. The van der Waals surface area contributed by atoms with E-state index in [0.717, 1.165) is 12.0 Å². The first-order valence-electron chi connectivity index (χ1n) is 8.53. The molecular formula is C19H23N3O3. The first-order chi connectivity index (χ1) is 12.1. The van der Waals surface area contributed by atoms with Crippen molar-refractivity contribution in [1.29, 1.82) is 0 Å². The van der Waals surface area contributed by atoms with Crippen LogP contribution >= 0.6 is 0 Å². The van der Waals surface area contributed by atoms with Crippen molar-refractivity contribution in [2.45, 2.75) is 13.3 Å². The van der Waals surface area contributed by atoms with Crippen LogP contribution in [0.25, 0.3) is 0 Å². The molecule has 1 fully saturated rings. The van der Waals surface area contributed by atoms with E-state index in [1.165, 1.54) is 0 Å². The highest BCUT2D eigenvalue weighted by molar-refractivity contribution is 5.94. The van der Waals surface area contributed by atoms with Gasteiger partial charge in [-0.2, -0.15) is 0 Å². The van der Waals surface area contributed by atoms with Crippen molar-refractivity contribution >= 4 is 11.8 Å². The minimum atomic E-state index is -0.0449. The molecule has 1 saturated heterocycles. The summed E-state index contributed by atoms with van der Waals surface area (Å²) in [7, 11) is 0. The highest BCUT2D eigenvalue weighted by Gasteiger charge is 2.23. The topological polar surface area (TPSA) is 65.6 Å². The number of nitrogens with one attached hydrogen (secondary N) is 1. The van der Waals surface area contributed by atoms with Gasteiger partial charge < -0.3 is 19.5 Å². The lowest BCUT2D eigenvalue weighted by Gasteiger charge is -2.22. The van der Waals surface area contributed by atoms with Crippen molar-refractivity contribution < 1.29 is 14.3 Å². The number of aryl methyl sites for hydroxylation is 1. The van der Waals surface area contributed by atoms with Crippen LogP contribution in [0.3, 0.4) is 0 Å². The van der Waals surface area contributed by atoms with Gasteiger partial charge in [0.05, 0.1) is 5.56 Å². The predicted molar refractivity (Wildman–Crippen MR) is 94.6 cm³/mol. The molecule has 0 aliphatic carbocycles. The molecule has 2 aromatic rings. The van der Waals surface area contributed by atoms with E-state index in [1.54, 1.807) is 28.3 Å². The van der Waals surface area contributed by atoms with E-state index >= 15 is 0 Å². The first-order valence-corrected chi connectivity index (χ1v) is 8.53. The number of aromatic amines is 1. The summed E-state index contributed by atoms with van der Waals surface area (Å²) < 4.78 is 5.57. The predicted octanol–water partition coefficient (Wildman–Crippen LogP) is 2.08. The molecule has 1 aliphatic rings. The number of benzene rings is 1. The molecule has 132 valence electrons. The fraction of sp³-hybridized carbons (Fsp3) is 0.368. The minimum Gasteiger partial charge on any atom is -0.484 e. The third kappa shape index (κ3) is 4.41. The van der Waals surface area contributed by atoms with Gasteiger partial charge in [-0.1, -0.05) is 17.7 Å². The van der Waals surface area contributed by atoms with Crippen LogP contribution in [0.1, 0.15) is 22.3 Å². The van der Waals surface area contributed by atoms with Gasteiger partial charge in [0.2, 0.25) is 0 Å². The molecule has 25 heavy (non-hydrogen) atoms. The summed E-state index contributed by atoms with van der Waals surface area (Å²) in [5, 5.41) is 0. The van der Waals surface area contributed by atoms with Gasteiger partial charge in [-0.15, -0.1) is 0 Å². The van der Waals surface area contributed by atoms with Crippen molar-refractivity contribution in [1.82, 2.24) is 14.8 Å². The SMILES string of the molecule is Cc1ccc(OCC(=O)N2CCCN(C(=O)c3cc[nH]c3)CC2)cc1. The van der Waals surface area contributed by atoms with E-state index < -0.39 is 0 Å². The minimum absolute atomic E-state index is 0.00598. The van der Waals surface area contributed by atoms with Crippen LogP contribution < -0.4 is 4.74 Å². The summed E-state index contributed by atoms with van der Waals surface area (Å²) in [4.78, 5) is 31.3. The Morgan fingerprint density at radius 1 is 1.04 bits per heavy atom. The first kappa shape index (κ1) is 17.1. The molecule has 1 aromatic heterocycles. The van der Waals surface area contributed by atoms with E-state index in [-0.39, 0.29) is 18.4 Å². The molecule has 2 amide bonds. The molecule has 0 unspecified atom stereocenters. The molecule has 1 N–H and O–H groups in total. The lowest BCUT2D eigenvalue weighted by atomic mass is 10.2. The highest BCUT2D eigenvalue weighted by atomic mass is 16.5. The van der Waals surface area contributed by atoms with E-state index in [0.29, 0.717) is 37.5 Å². The fourth-order valence-corrected chi connectivity index (χ4v) is 2.88. The molecule has 2 heterocycles. The van der Waals surface area contributed by atoms with Crippen LogP contribution in [0, 0.1) is 6.92 Å². The van der Waals surface area contributed by atoms with Crippen LogP contribution in [0.15, 0.2) is 42.7 Å². The van der Waals surface area contributed by atoms with Crippen molar-refractivity contribution in [2.24, 2.45) is 0 Å². The van der Waals surface area contributed by atoms with Crippen molar-refractivity contribution in [3.63, 3.8) is 0 Å². The molecule has 0 saturated carbocycles. The van der Waals surface area contributed by atoms with Crippen molar-refractivity contribution in [2.75, 3.05) is 32.8 Å². The van der Waals surface area contributed by atoms with Gasteiger partial charge in [0.15, 0.2) is 6.61 Å². The van der Waals surface area contributed by atoms with Crippen LogP contribution in [0.2, 0.25) is 0 Å². The number of carbonyl (C=O) groups is 2. The van der Waals surface area contributed by atoms with Gasteiger partial charge in [0, 0.05) is 38.6 Å². The third-order valence-corrected chi connectivity index (χ3v) is 4.36. The molecular weight excluding hydrogens is 318 g/mol. The summed E-state index contributed by atoms with van der Waals surface area (Å²) in [5.74, 6) is 0.654. The molecule has 1 aliphatic heterocycles. The third-order valence-electron chi connectivity index (χ3n) is 4.36. The van der Waals surface area contributed by atoms with Crippen LogP contribution in [0.5, 0.6) is 5.75 Å². The Labute approximate surface area is 147 Å². The molecule has 0 radical (unpaired) electrons. The average Bonchev–Trinajstić information content (AvgIpc) is 3.05. The van der Waals surface area contributed by atoms with Crippen LogP contribution in [0.4, 0.5) is 0 Å². The Balaban J connectivity index is 1.51. The lowest BCUT2D eigenvalue weighted by Crippen LogP contribution is -2.39. The summed E-state index contributed by atoms with van der Waals surface area (Å²) in [6.45, 7) is 4.41. The highest BCUT2D eigenvalue weighted by Crippen LogP contribution is 2.12. The number of hydrogen-bond acceptors (Lipinski definition) is 3. The maximum atomic E-state index is 12.4. The van der Waals surface area contributed by atoms with Gasteiger partial charge >= 0.3 is 0 Å². The lowest BCUT2D eigenvalue weighted by molar-refractivity contribution is -0.133. The number of amides is 2. The standard InChI is InChI=1S/C19H23N3O3/c1-15-3-5-17(6-4-15)25-14-18(23)21-9-2-10-22(12-11-21)19(24)16-7-8-20-13-16/h3-8,13,20H,2,9-12,14H2,1H3. The van der Waals surface area contributed by atoms with E-state index in [2.05, 4.69) is 4.98 Å². The van der Waals surface area contributed by atoms with Gasteiger partial charge in [-0.25, -0.2) is 0 Å². The number of hydrogen-bond donors (Lipinski definition) is 1. The van der Waals surface area contributed by atoms with Crippen LogP contribution in [-0.4, -0.2) is 59.4 Å². The zero-order valence-corrected chi connectivity index (χ0v) is 14.4. The van der Waals surface area contributed by atoms with Gasteiger partial charge in [0.1, 0.15) is 5.75 Å². The van der Waals surface area contributed by atoms with Crippen molar-refractivity contribution in [3.05, 3.63) is 53.9 Å². The zero-order valence-electron chi connectivity index (χ0n) is 14.4. The molecule has 1 aromatic carbocycles. The summed E-state index contributed by atoms with van der Waals surface area (Å²) in [6, 6.07) is 9.41. The maximum Gasteiger partial charge on any atom is 0.260 e. The summed E-state index contributed by atoms with van der Waals surface area (Å²) in [5.41, 5.74) is 1.81. The Kier molecular flexibility index (Phi) is 5.38. The number of ether oxygens (including phenoxy) is 1. The average molecular weight is 341 g/mol. The molecule has 0 atom stereocenters. The van der Waals surface area contributed by atoms with Crippen LogP contribution in [-0.2, 0) is 4.79 Å². The zero-order chi connectivity index (χ0) is 17.6. The maximum absolute atomic E-state index is 12.4. The van der Waals surface area contributed by atoms with E-state index in [4.69, 9.17) is 4.74 Å². The molecule has 0 bridgehead atoms. The van der Waals surface area contributed by atoms with Gasteiger partial charge in [-0.3, -0.25) is 9.59 Å². The number of rotatable bonds is 4. The second-order valence-electron chi connectivity index (χ2n) is 6.23. The Morgan fingerprint density at radius 2 is 1.76 bits per heavy atom.